The van der Waals surface area contributed by atoms with Crippen molar-refractivity contribution in [2.45, 2.75) is 32.2 Å². The number of carboxylic acid groups (broad SMARTS) is 1. The zero-order chi connectivity index (χ0) is 16.3. The Labute approximate surface area is 139 Å². The van der Waals surface area contributed by atoms with Gasteiger partial charge in [-0.15, -0.1) is 0 Å². The van der Waals surface area contributed by atoms with E-state index >= 15 is 0 Å². The summed E-state index contributed by atoms with van der Waals surface area (Å²) >= 11 is 6.39. The molecule has 1 aliphatic heterocycles. The molecule has 0 radical (unpaired) electrons. The summed E-state index contributed by atoms with van der Waals surface area (Å²) in [4.78, 5) is 25.7. The number of carboxylic acids is 1. The molecule has 5 nitrogen and oxygen atoms in total. The van der Waals surface area contributed by atoms with Crippen molar-refractivity contribution in [3.05, 3.63) is 28.9 Å². The summed E-state index contributed by atoms with van der Waals surface area (Å²) in [5.41, 5.74) is 0.876. The van der Waals surface area contributed by atoms with E-state index in [4.69, 9.17) is 12.2 Å². The summed E-state index contributed by atoms with van der Waals surface area (Å²) < 4.78 is 2.20. The van der Waals surface area contributed by atoms with E-state index in [0.29, 0.717) is 15.6 Å². The number of unbranched alkanes of at least 4 members (excludes halogenated alkanes) is 1. The fourth-order valence-corrected chi connectivity index (χ4v) is 3.61. The molecule has 1 saturated heterocycles. The first kappa shape index (κ1) is 16.8. The van der Waals surface area contributed by atoms with Crippen LogP contribution in [-0.4, -0.2) is 36.8 Å². The SMILES string of the molecule is CCCCC(C(=O)O)N1C(=O)/C(=C\c2cccn2C)SC1=S. The lowest BCUT2D eigenvalue weighted by atomic mass is 10.1. The normalized spacial score (nSPS) is 18.3. The molecule has 0 bridgehead atoms. The molecule has 1 aromatic rings. The standard InChI is InChI=1S/C15H18N2O3S2/c1-3-4-7-11(14(19)20)17-13(18)12(22-15(17)21)9-10-6-5-8-16(10)2/h5-6,8-9,11H,3-4,7H2,1-2H3,(H,19,20)/b12-9+. The highest BCUT2D eigenvalue weighted by Crippen LogP contribution is 2.35. The molecule has 1 fully saturated rings. The maximum Gasteiger partial charge on any atom is 0.326 e. The zero-order valence-electron chi connectivity index (χ0n) is 12.5. The van der Waals surface area contributed by atoms with Crippen LogP contribution in [0, 0.1) is 0 Å². The lowest BCUT2D eigenvalue weighted by molar-refractivity contribution is -0.145. The van der Waals surface area contributed by atoms with Gasteiger partial charge in [0.05, 0.1) is 4.91 Å². The van der Waals surface area contributed by atoms with E-state index in [1.165, 1.54) is 4.90 Å². The molecule has 1 unspecified atom stereocenters. The van der Waals surface area contributed by atoms with Crippen LogP contribution in [0.4, 0.5) is 0 Å². The lowest BCUT2D eigenvalue weighted by Crippen LogP contribution is -2.43. The molecule has 1 atom stereocenters. The quantitative estimate of drug-likeness (QED) is 0.638. The van der Waals surface area contributed by atoms with Crippen molar-refractivity contribution in [3.63, 3.8) is 0 Å². The Morgan fingerprint density at radius 3 is 2.82 bits per heavy atom. The predicted octanol–water partition coefficient (Wildman–Crippen LogP) is 2.87. The average Bonchev–Trinajstić information content (AvgIpc) is 2.97. The van der Waals surface area contributed by atoms with Crippen LogP contribution in [0.3, 0.4) is 0 Å². The minimum absolute atomic E-state index is 0.314. The van der Waals surface area contributed by atoms with Gasteiger partial charge in [0.1, 0.15) is 10.4 Å². The molecule has 7 heteroatoms. The van der Waals surface area contributed by atoms with Gasteiger partial charge in [-0.05, 0) is 24.6 Å². The third kappa shape index (κ3) is 3.41. The van der Waals surface area contributed by atoms with Crippen molar-refractivity contribution >= 4 is 46.3 Å². The number of aliphatic carboxylic acids is 1. The van der Waals surface area contributed by atoms with Gasteiger partial charge in [-0.3, -0.25) is 9.69 Å². The Kier molecular flexibility index (Phi) is 5.42. The topological polar surface area (TPSA) is 62.5 Å². The van der Waals surface area contributed by atoms with Crippen LogP contribution in [-0.2, 0) is 16.6 Å². The van der Waals surface area contributed by atoms with Crippen LogP contribution in [0.15, 0.2) is 23.2 Å². The van der Waals surface area contributed by atoms with E-state index < -0.39 is 12.0 Å². The van der Waals surface area contributed by atoms with Crippen molar-refractivity contribution in [2.24, 2.45) is 7.05 Å². The molecule has 1 N–H and O–H groups in total. The number of carbonyl (C=O) groups excluding carboxylic acids is 1. The largest absolute Gasteiger partial charge is 0.480 e. The van der Waals surface area contributed by atoms with Gasteiger partial charge in [-0.1, -0.05) is 43.7 Å². The maximum absolute atomic E-state index is 12.5. The van der Waals surface area contributed by atoms with Crippen molar-refractivity contribution in [1.82, 2.24) is 9.47 Å². The number of thiocarbonyl (C=S) groups is 1. The summed E-state index contributed by atoms with van der Waals surface area (Å²) in [6, 6.07) is 2.89. The van der Waals surface area contributed by atoms with E-state index in [-0.39, 0.29) is 5.91 Å². The number of nitrogens with zero attached hydrogens (tertiary/aromatic N) is 2. The van der Waals surface area contributed by atoms with E-state index in [1.807, 2.05) is 36.9 Å². The third-order valence-electron chi connectivity index (χ3n) is 3.51. The predicted molar refractivity (Wildman–Crippen MR) is 91.4 cm³/mol. The summed E-state index contributed by atoms with van der Waals surface area (Å²) in [5.74, 6) is -1.33. The summed E-state index contributed by atoms with van der Waals surface area (Å²) in [6.45, 7) is 1.98. The van der Waals surface area contributed by atoms with Gasteiger partial charge < -0.3 is 9.67 Å². The molecule has 2 heterocycles. The molecule has 0 aliphatic carbocycles. The van der Waals surface area contributed by atoms with E-state index in [9.17, 15) is 14.7 Å². The lowest BCUT2D eigenvalue weighted by Gasteiger charge is -2.22. The summed E-state index contributed by atoms with van der Waals surface area (Å²) in [6.07, 6.45) is 5.66. The fourth-order valence-electron chi connectivity index (χ4n) is 2.27. The minimum Gasteiger partial charge on any atom is -0.480 e. The van der Waals surface area contributed by atoms with Crippen molar-refractivity contribution in [3.8, 4) is 0 Å². The molecule has 1 aliphatic rings. The van der Waals surface area contributed by atoms with Gasteiger partial charge >= 0.3 is 5.97 Å². The number of amides is 1. The Bertz CT molecular complexity index is 636. The first-order chi connectivity index (χ1) is 10.5. The molecule has 118 valence electrons. The number of aryl methyl sites for hydroxylation is 1. The molecule has 1 aromatic heterocycles. The molecule has 0 saturated carbocycles. The Morgan fingerprint density at radius 2 is 2.27 bits per heavy atom. The number of aromatic nitrogens is 1. The smallest absolute Gasteiger partial charge is 0.326 e. The van der Waals surface area contributed by atoms with Crippen LogP contribution >= 0.6 is 24.0 Å². The molecule has 0 spiro atoms. The first-order valence-electron chi connectivity index (χ1n) is 7.07. The maximum atomic E-state index is 12.5. The second-order valence-electron chi connectivity index (χ2n) is 5.09. The van der Waals surface area contributed by atoms with E-state index in [1.54, 1.807) is 6.08 Å². The zero-order valence-corrected chi connectivity index (χ0v) is 14.1. The second kappa shape index (κ2) is 7.11. The monoisotopic (exact) mass is 338 g/mol. The van der Waals surface area contributed by atoms with Crippen molar-refractivity contribution < 1.29 is 14.7 Å². The highest BCUT2D eigenvalue weighted by atomic mass is 32.2. The van der Waals surface area contributed by atoms with Crippen molar-refractivity contribution in [2.75, 3.05) is 0 Å². The molecular formula is C15H18N2O3S2. The number of hydrogen-bond donors (Lipinski definition) is 1. The van der Waals surface area contributed by atoms with Gasteiger partial charge in [0.25, 0.3) is 5.91 Å². The Morgan fingerprint density at radius 1 is 1.55 bits per heavy atom. The number of thioether (sulfide) groups is 1. The molecule has 1 amide bonds. The van der Waals surface area contributed by atoms with Crippen molar-refractivity contribution in [1.29, 1.82) is 0 Å². The van der Waals surface area contributed by atoms with Gasteiger partial charge in [0.2, 0.25) is 0 Å². The van der Waals surface area contributed by atoms with E-state index in [2.05, 4.69) is 0 Å². The molecule has 0 aromatic carbocycles. The molecular weight excluding hydrogens is 320 g/mol. The molecule has 2 rings (SSSR count). The van der Waals surface area contributed by atoms with Gasteiger partial charge in [-0.25, -0.2) is 4.79 Å². The summed E-state index contributed by atoms with van der Waals surface area (Å²) in [7, 11) is 1.88. The highest BCUT2D eigenvalue weighted by Gasteiger charge is 2.40. The van der Waals surface area contributed by atoms with Crippen LogP contribution in [0.5, 0.6) is 0 Å². The second-order valence-corrected chi connectivity index (χ2v) is 6.77. The van der Waals surface area contributed by atoms with Gasteiger partial charge in [0, 0.05) is 18.9 Å². The van der Waals surface area contributed by atoms with Gasteiger partial charge in [-0.2, -0.15) is 0 Å². The Hall–Kier alpha value is -1.60. The number of rotatable bonds is 6. The average molecular weight is 338 g/mol. The number of hydrogen-bond acceptors (Lipinski definition) is 4. The highest BCUT2D eigenvalue weighted by molar-refractivity contribution is 8.26. The van der Waals surface area contributed by atoms with Crippen LogP contribution in [0.1, 0.15) is 31.9 Å². The van der Waals surface area contributed by atoms with Crippen LogP contribution < -0.4 is 0 Å². The number of carbonyl (C=O) groups is 2. The fraction of sp³-hybridized carbons (Fsp3) is 0.400. The van der Waals surface area contributed by atoms with Crippen LogP contribution in [0.2, 0.25) is 0 Å². The van der Waals surface area contributed by atoms with E-state index in [0.717, 1.165) is 30.3 Å². The minimum atomic E-state index is -1.01. The van der Waals surface area contributed by atoms with Gasteiger partial charge in [0.15, 0.2) is 0 Å². The summed E-state index contributed by atoms with van der Waals surface area (Å²) in [5, 5.41) is 9.40. The Balaban J connectivity index is 2.26. The molecule has 22 heavy (non-hydrogen) atoms. The first-order valence-corrected chi connectivity index (χ1v) is 8.29. The third-order valence-corrected chi connectivity index (χ3v) is 4.84. The van der Waals surface area contributed by atoms with Crippen LogP contribution in [0.25, 0.3) is 6.08 Å².